The van der Waals surface area contributed by atoms with Gasteiger partial charge in [-0.15, -0.1) is 0 Å². The molecule has 5 nitrogen and oxygen atoms in total. The first-order valence-corrected chi connectivity index (χ1v) is 6.75. The fraction of sp³-hybridized carbons (Fsp3) is 0.462. The summed E-state index contributed by atoms with van der Waals surface area (Å²) in [7, 11) is 0. The molecule has 1 N–H and O–H groups in total. The zero-order valence-electron chi connectivity index (χ0n) is 11.3. The molecule has 102 valence electrons. The Kier molecular flexibility index (Phi) is 4.50. The van der Waals surface area contributed by atoms with Gasteiger partial charge in [-0.3, -0.25) is 14.6 Å². The number of nitrogens with one attached hydrogen (secondary N) is 1. The highest BCUT2D eigenvalue weighted by atomic mass is 35.5. The van der Waals surface area contributed by atoms with Gasteiger partial charge in [-0.2, -0.15) is 5.10 Å². The molecule has 0 aromatic carbocycles. The van der Waals surface area contributed by atoms with Crippen LogP contribution < -0.4 is 5.32 Å². The van der Waals surface area contributed by atoms with Crippen molar-refractivity contribution < 1.29 is 0 Å². The van der Waals surface area contributed by atoms with Crippen LogP contribution in [0.4, 0.5) is 0 Å². The van der Waals surface area contributed by atoms with Crippen molar-refractivity contribution in [3.63, 3.8) is 0 Å². The third kappa shape index (κ3) is 2.93. The molecule has 2 aromatic rings. The Hall–Kier alpha value is -1.46. The van der Waals surface area contributed by atoms with Crippen LogP contribution in [0.1, 0.15) is 44.2 Å². The molecular weight excluding hydrogens is 262 g/mol. The fourth-order valence-corrected chi connectivity index (χ4v) is 2.28. The summed E-state index contributed by atoms with van der Waals surface area (Å²) < 4.78 is 1.92. The van der Waals surface area contributed by atoms with Crippen LogP contribution in [0.2, 0.25) is 5.02 Å². The minimum atomic E-state index is -0.101. The zero-order valence-corrected chi connectivity index (χ0v) is 12.1. The van der Waals surface area contributed by atoms with Gasteiger partial charge in [0.05, 0.1) is 34.8 Å². The molecule has 0 amide bonds. The lowest BCUT2D eigenvalue weighted by Gasteiger charge is -2.21. The summed E-state index contributed by atoms with van der Waals surface area (Å²) in [5.41, 5.74) is 1.77. The van der Waals surface area contributed by atoms with Gasteiger partial charge in [-0.05, 0) is 20.4 Å². The van der Waals surface area contributed by atoms with Crippen LogP contribution in [0, 0.1) is 0 Å². The number of hydrogen-bond donors (Lipinski definition) is 1. The maximum Gasteiger partial charge on any atom is 0.0952 e. The molecule has 0 aliphatic rings. The van der Waals surface area contributed by atoms with Crippen LogP contribution in [0.3, 0.4) is 0 Å². The molecule has 0 spiro atoms. The molecule has 2 heterocycles. The normalized spacial score (nSPS) is 12.9. The van der Waals surface area contributed by atoms with Gasteiger partial charge in [0.2, 0.25) is 0 Å². The van der Waals surface area contributed by atoms with Crippen LogP contribution in [-0.4, -0.2) is 26.3 Å². The molecule has 0 fully saturated rings. The van der Waals surface area contributed by atoms with Crippen LogP contribution in [0.15, 0.2) is 24.8 Å². The molecule has 0 saturated carbocycles. The first-order valence-electron chi connectivity index (χ1n) is 6.37. The Labute approximate surface area is 118 Å². The smallest absolute Gasteiger partial charge is 0.0952 e. The lowest BCUT2D eigenvalue weighted by molar-refractivity contribution is 0.472. The lowest BCUT2D eigenvalue weighted by Crippen LogP contribution is -2.26. The van der Waals surface area contributed by atoms with Crippen molar-refractivity contribution in [1.82, 2.24) is 25.1 Å². The van der Waals surface area contributed by atoms with E-state index in [0.29, 0.717) is 5.02 Å². The maximum atomic E-state index is 6.30. The van der Waals surface area contributed by atoms with E-state index < -0.39 is 0 Å². The summed E-state index contributed by atoms with van der Waals surface area (Å²) in [6.45, 7) is 7.01. The first kappa shape index (κ1) is 14.0. The van der Waals surface area contributed by atoms with E-state index in [-0.39, 0.29) is 12.1 Å². The van der Waals surface area contributed by atoms with Crippen LogP contribution in [0.5, 0.6) is 0 Å². The molecule has 1 unspecified atom stereocenters. The Bertz CT molecular complexity index is 523. The number of hydrogen-bond acceptors (Lipinski definition) is 4. The summed E-state index contributed by atoms with van der Waals surface area (Å²) >= 11 is 6.30. The summed E-state index contributed by atoms with van der Waals surface area (Å²) in [5.74, 6) is 0. The largest absolute Gasteiger partial charge is 0.304 e. The van der Waals surface area contributed by atoms with Crippen molar-refractivity contribution in [2.75, 3.05) is 6.54 Å². The van der Waals surface area contributed by atoms with Crippen molar-refractivity contribution in [1.29, 1.82) is 0 Å². The van der Waals surface area contributed by atoms with E-state index in [0.717, 1.165) is 17.9 Å². The van der Waals surface area contributed by atoms with Crippen LogP contribution in [-0.2, 0) is 0 Å². The first-order chi connectivity index (χ1) is 9.15. The second-order valence-electron chi connectivity index (χ2n) is 4.54. The second kappa shape index (κ2) is 6.12. The Morgan fingerprint density at radius 2 is 2.11 bits per heavy atom. The maximum absolute atomic E-state index is 6.30. The molecule has 6 heteroatoms. The highest BCUT2D eigenvalue weighted by Gasteiger charge is 2.23. The van der Waals surface area contributed by atoms with Crippen molar-refractivity contribution in [3.05, 3.63) is 41.2 Å². The minimum Gasteiger partial charge on any atom is -0.304 e. The van der Waals surface area contributed by atoms with E-state index in [2.05, 4.69) is 34.2 Å². The number of halogens is 1. The molecular formula is C13H18ClN5. The van der Waals surface area contributed by atoms with E-state index in [9.17, 15) is 0 Å². The predicted molar refractivity (Wildman–Crippen MR) is 75.2 cm³/mol. The van der Waals surface area contributed by atoms with Crippen LogP contribution in [0.25, 0.3) is 0 Å². The van der Waals surface area contributed by atoms with Gasteiger partial charge in [0, 0.05) is 18.4 Å². The average Bonchev–Trinajstić information content (AvgIpc) is 2.79. The van der Waals surface area contributed by atoms with Gasteiger partial charge < -0.3 is 5.32 Å². The van der Waals surface area contributed by atoms with Gasteiger partial charge in [0.25, 0.3) is 0 Å². The summed E-state index contributed by atoms with van der Waals surface area (Å²) in [6, 6.07) is 0.136. The van der Waals surface area contributed by atoms with E-state index in [4.69, 9.17) is 11.6 Å². The lowest BCUT2D eigenvalue weighted by atomic mass is 10.1. The fourth-order valence-electron chi connectivity index (χ4n) is 2.04. The molecule has 0 radical (unpaired) electrons. The average molecular weight is 280 g/mol. The monoisotopic (exact) mass is 279 g/mol. The zero-order chi connectivity index (χ0) is 13.8. The van der Waals surface area contributed by atoms with Gasteiger partial charge in [-0.25, -0.2) is 0 Å². The van der Waals surface area contributed by atoms with Gasteiger partial charge >= 0.3 is 0 Å². The third-order valence-corrected chi connectivity index (χ3v) is 3.13. The Morgan fingerprint density at radius 1 is 1.32 bits per heavy atom. The number of nitrogens with zero attached hydrogens (tertiary/aromatic N) is 4. The predicted octanol–water partition coefficient (Wildman–Crippen LogP) is 2.61. The third-order valence-electron chi connectivity index (χ3n) is 2.84. The number of aromatic nitrogens is 4. The molecule has 0 bridgehead atoms. The highest BCUT2D eigenvalue weighted by molar-refractivity contribution is 6.31. The molecule has 19 heavy (non-hydrogen) atoms. The van der Waals surface area contributed by atoms with Crippen molar-refractivity contribution in [3.8, 4) is 0 Å². The topological polar surface area (TPSA) is 55.6 Å². The highest BCUT2D eigenvalue weighted by Crippen LogP contribution is 2.28. The van der Waals surface area contributed by atoms with E-state index in [1.54, 1.807) is 24.8 Å². The molecule has 2 aromatic heterocycles. The van der Waals surface area contributed by atoms with Crippen molar-refractivity contribution in [2.45, 2.75) is 32.9 Å². The minimum absolute atomic E-state index is 0.101. The SMILES string of the molecule is CCNC(c1cnccn1)c1c(Cl)cnn1C(C)C. The molecule has 2 rings (SSSR count). The van der Waals surface area contributed by atoms with E-state index >= 15 is 0 Å². The molecule has 0 aliphatic carbocycles. The van der Waals surface area contributed by atoms with E-state index in [1.165, 1.54) is 0 Å². The standard InChI is InChI=1S/C13H18ClN5/c1-4-16-12(11-8-15-5-6-17-11)13-10(14)7-18-19(13)9(2)3/h5-9,12,16H,4H2,1-3H3. The van der Waals surface area contributed by atoms with Gasteiger partial charge in [0.1, 0.15) is 0 Å². The summed E-state index contributed by atoms with van der Waals surface area (Å²) in [4.78, 5) is 8.50. The van der Waals surface area contributed by atoms with Crippen molar-refractivity contribution >= 4 is 11.6 Å². The van der Waals surface area contributed by atoms with Crippen LogP contribution >= 0.6 is 11.6 Å². The molecule has 1 atom stereocenters. The van der Waals surface area contributed by atoms with Gasteiger partial charge in [0.15, 0.2) is 0 Å². The number of rotatable bonds is 5. The van der Waals surface area contributed by atoms with Crippen molar-refractivity contribution in [2.24, 2.45) is 0 Å². The molecule has 0 saturated heterocycles. The summed E-state index contributed by atoms with van der Waals surface area (Å²) in [6.07, 6.45) is 6.77. The second-order valence-corrected chi connectivity index (χ2v) is 4.94. The Morgan fingerprint density at radius 3 is 2.68 bits per heavy atom. The van der Waals surface area contributed by atoms with Gasteiger partial charge in [-0.1, -0.05) is 18.5 Å². The molecule has 0 aliphatic heterocycles. The van der Waals surface area contributed by atoms with E-state index in [1.807, 2.05) is 11.6 Å². The quantitative estimate of drug-likeness (QED) is 0.914. The Balaban J connectivity index is 2.48. The summed E-state index contributed by atoms with van der Waals surface area (Å²) in [5, 5.41) is 8.37.